The van der Waals surface area contributed by atoms with Crippen LogP contribution < -0.4 is 10.0 Å². The third-order valence-corrected chi connectivity index (χ3v) is 8.32. The predicted molar refractivity (Wildman–Crippen MR) is 145 cm³/mol. The molecular weight excluding hydrogens is 551 g/mol. The number of anilines is 2. The monoisotopic (exact) mass is 577 g/mol. The molecule has 0 aliphatic rings. The van der Waals surface area contributed by atoms with E-state index in [-0.39, 0.29) is 23.8 Å². The first-order chi connectivity index (χ1) is 18.3. The summed E-state index contributed by atoms with van der Waals surface area (Å²) in [6, 6.07) is 8.23. The fraction of sp³-hybridized carbons (Fsp3) is 0.269. The molecule has 2 aromatic carbocycles. The average molecular weight is 578 g/mol. The Labute approximate surface area is 228 Å². The fourth-order valence-corrected chi connectivity index (χ4v) is 5.84. The number of rotatable bonds is 8. The van der Waals surface area contributed by atoms with E-state index in [4.69, 9.17) is 0 Å². The quantitative estimate of drug-likeness (QED) is 0.250. The second-order valence-electron chi connectivity index (χ2n) is 9.77. The maximum atomic E-state index is 15.9. The normalized spacial score (nSPS) is 12.8. The summed E-state index contributed by atoms with van der Waals surface area (Å²) in [5.41, 5.74) is -0.312. The zero-order valence-corrected chi connectivity index (χ0v) is 23.1. The maximum absolute atomic E-state index is 15.9. The number of nitrogens with zero attached hydrogens (tertiary/aromatic N) is 3. The van der Waals surface area contributed by atoms with E-state index in [0.717, 1.165) is 24.3 Å². The number of sulfonamides is 1. The molecule has 0 saturated heterocycles. The Hall–Kier alpha value is -3.55. The fourth-order valence-electron chi connectivity index (χ4n) is 3.54. The largest absolute Gasteiger partial charge is 0.392 e. The zero-order chi connectivity index (χ0) is 28.5. The second-order valence-corrected chi connectivity index (χ2v) is 12.4. The van der Waals surface area contributed by atoms with Crippen LogP contribution in [0.15, 0.2) is 53.6 Å². The van der Waals surface area contributed by atoms with Gasteiger partial charge in [-0.1, -0.05) is 32.9 Å². The molecule has 4 aromatic rings. The van der Waals surface area contributed by atoms with Crippen LogP contribution in [0.5, 0.6) is 0 Å². The minimum Gasteiger partial charge on any atom is -0.392 e. The summed E-state index contributed by atoms with van der Waals surface area (Å²) in [6.45, 7) is 7.65. The van der Waals surface area contributed by atoms with Crippen LogP contribution in [0.25, 0.3) is 21.8 Å². The molecule has 0 bridgehead atoms. The molecule has 0 fully saturated rings. The highest BCUT2D eigenvalue weighted by Crippen LogP contribution is 2.42. The van der Waals surface area contributed by atoms with Crippen LogP contribution in [0.4, 0.5) is 24.8 Å². The van der Waals surface area contributed by atoms with E-state index in [1.165, 1.54) is 29.7 Å². The molecule has 0 amide bonds. The molecule has 0 aliphatic carbocycles. The van der Waals surface area contributed by atoms with Crippen molar-refractivity contribution < 1.29 is 26.7 Å². The molecule has 4 rings (SSSR count). The van der Waals surface area contributed by atoms with Crippen molar-refractivity contribution in [3.63, 3.8) is 0 Å². The highest BCUT2D eigenvalue weighted by Gasteiger charge is 2.28. The van der Waals surface area contributed by atoms with Gasteiger partial charge in [0.2, 0.25) is 5.95 Å². The number of hydrogen-bond acceptors (Lipinski definition) is 8. The van der Waals surface area contributed by atoms with Crippen LogP contribution in [-0.2, 0) is 15.4 Å². The molecule has 8 nitrogen and oxygen atoms in total. The predicted octanol–water partition coefficient (Wildman–Crippen LogP) is 5.58. The third-order valence-electron chi connectivity index (χ3n) is 5.40. The van der Waals surface area contributed by atoms with E-state index in [0.29, 0.717) is 15.6 Å². The Morgan fingerprint density at radius 2 is 1.69 bits per heavy atom. The third kappa shape index (κ3) is 6.21. The van der Waals surface area contributed by atoms with E-state index < -0.39 is 49.6 Å². The van der Waals surface area contributed by atoms with Gasteiger partial charge in [-0.15, -0.1) is 11.3 Å². The zero-order valence-electron chi connectivity index (χ0n) is 21.5. The van der Waals surface area contributed by atoms with Crippen molar-refractivity contribution in [3.05, 3.63) is 71.1 Å². The van der Waals surface area contributed by atoms with Crippen molar-refractivity contribution in [1.29, 1.82) is 0 Å². The van der Waals surface area contributed by atoms with Crippen LogP contribution in [0, 0.1) is 17.5 Å². The van der Waals surface area contributed by atoms with Gasteiger partial charge in [0.25, 0.3) is 10.0 Å². The summed E-state index contributed by atoms with van der Waals surface area (Å²) >= 11 is 1.29. The lowest BCUT2D eigenvalue weighted by Gasteiger charge is -2.14. The van der Waals surface area contributed by atoms with Gasteiger partial charge in [0.1, 0.15) is 11.6 Å². The lowest BCUT2D eigenvalue weighted by molar-refractivity contribution is 0.208. The van der Waals surface area contributed by atoms with Gasteiger partial charge in [-0.05, 0) is 37.3 Å². The van der Waals surface area contributed by atoms with Gasteiger partial charge in [-0.25, -0.2) is 36.5 Å². The molecule has 1 unspecified atom stereocenters. The molecule has 39 heavy (non-hydrogen) atoms. The lowest BCUT2D eigenvalue weighted by atomic mass is 9.98. The molecule has 0 aliphatic heterocycles. The topological polar surface area (TPSA) is 117 Å². The van der Waals surface area contributed by atoms with Gasteiger partial charge >= 0.3 is 0 Å². The van der Waals surface area contributed by atoms with Gasteiger partial charge < -0.3 is 10.4 Å². The molecule has 0 radical (unpaired) electrons. The lowest BCUT2D eigenvalue weighted by Crippen LogP contribution is -2.17. The Morgan fingerprint density at radius 1 is 1.03 bits per heavy atom. The molecular formula is C26H26F3N5O3S2. The summed E-state index contributed by atoms with van der Waals surface area (Å²) in [4.78, 5) is 12.6. The summed E-state index contributed by atoms with van der Waals surface area (Å²) in [5.74, 6) is -3.34. The Balaban J connectivity index is 1.81. The summed E-state index contributed by atoms with van der Waals surface area (Å²) in [7, 11) is -4.80. The Bertz CT molecular complexity index is 1600. The van der Waals surface area contributed by atoms with Crippen molar-refractivity contribution in [1.82, 2.24) is 15.0 Å². The number of aromatic nitrogens is 3. The first kappa shape index (κ1) is 28.5. The highest BCUT2D eigenvalue weighted by molar-refractivity contribution is 7.92. The molecule has 2 aromatic heterocycles. The van der Waals surface area contributed by atoms with E-state index in [9.17, 15) is 22.3 Å². The van der Waals surface area contributed by atoms with Gasteiger partial charge in [0.15, 0.2) is 10.7 Å². The number of benzene rings is 2. The minimum absolute atomic E-state index is 0.0388. The summed E-state index contributed by atoms with van der Waals surface area (Å²) < 4.78 is 71.8. The van der Waals surface area contributed by atoms with Crippen molar-refractivity contribution in [3.8, 4) is 21.8 Å². The van der Waals surface area contributed by atoms with Crippen LogP contribution >= 0.6 is 11.3 Å². The smallest absolute Gasteiger partial charge is 0.267 e. The number of thiazole rings is 1. The van der Waals surface area contributed by atoms with Crippen LogP contribution in [0.1, 0.15) is 32.7 Å². The van der Waals surface area contributed by atoms with Crippen molar-refractivity contribution >= 4 is 33.0 Å². The summed E-state index contributed by atoms with van der Waals surface area (Å²) in [6.07, 6.45) is 0.874. The van der Waals surface area contributed by atoms with E-state index in [1.54, 1.807) is 13.0 Å². The van der Waals surface area contributed by atoms with Gasteiger partial charge in [0.05, 0.1) is 33.1 Å². The molecule has 0 saturated carbocycles. The Morgan fingerprint density at radius 3 is 2.33 bits per heavy atom. The Kier molecular flexibility index (Phi) is 7.96. The SMILES string of the molecule is CC(O)CNc1nccc(-c2sc(C(C)(C)C)nc2-c2cccc(NS(=O)(=O)c3c(F)cccc3F)c2F)n1. The number of aliphatic hydroxyl groups excluding tert-OH is 1. The van der Waals surface area contributed by atoms with Crippen molar-refractivity contribution in [2.24, 2.45) is 0 Å². The number of halogens is 3. The first-order valence-corrected chi connectivity index (χ1v) is 14.1. The van der Waals surface area contributed by atoms with Crippen LogP contribution in [0.2, 0.25) is 0 Å². The standard InChI is InChI=1S/C26H26F3N5O3S2/c1-14(35)13-31-25-30-12-11-19(32-25)22-21(33-24(38-22)26(2,3)4)15-7-5-10-18(20(15)29)34-39(36,37)23-16(27)8-6-9-17(23)28/h5-12,14,34-35H,13H2,1-4H3,(H,30,31,32). The molecule has 3 N–H and O–H groups in total. The number of nitrogens with one attached hydrogen (secondary N) is 2. The van der Waals surface area contributed by atoms with Gasteiger partial charge in [-0.2, -0.15) is 0 Å². The van der Waals surface area contributed by atoms with Crippen molar-refractivity contribution in [2.75, 3.05) is 16.6 Å². The molecule has 1 atom stereocenters. The highest BCUT2D eigenvalue weighted by atomic mass is 32.2. The maximum Gasteiger partial charge on any atom is 0.267 e. The number of hydrogen-bond donors (Lipinski definition) is 3. The van der Waals surface area contributed by atoms with E-state index >= 15 is 4.39 Å². The van der Waals surface area contributed by atoms with Crippen LogP contribution in [-0.4, -0.2) is 41.1 Å². The average Bonchev–Trinajstić information content (AvgIpc) is 3.30. The van der Waals surface area contributed by atoms with E-state index in [1.807, 2.05) is 25.5 Å². The second kappa shape index (κ2) is 10.9. The van der Waals surface area contributed by atoms with Crippen LogP contribution in [0.3, 0.4) is 0 Å². The first-order valence-electron chi connectivity index (χ1n) is 11.8. The molecule has 13 heteroatoms. The van der Waals surface area contributed by atoms with Crippen molar-refractivity contribution in [2.45, 2.75) is 44.1 Å². The minimum atomic E-state index is -4.80. The van der Waals surface area contributed by atoms with Gasteiger partial charge in [0, 0.05) is 23.7 Å². The molecule has 206 valence electrons. The number of aliphatic hydroxyl groups is 1. The van der Waals surface area contributed by atoms with Gasteiger partial charge in [-0.3, -0.25) is 4.72 Å². The molecule has 2 heterocycles. The molecule has 0 spiro atoms. The summed E-state index contributed by atoms with van der Waals surface area (Å²) in [5, 5.41) is 13.2. The van der Waals surface area contributed by atoms with E-state index in [2.05, 4.69) is 20.3 Å².